The van der Waals surface area contributed by atoms with E-state index in [0.717, 1.165) is 25.7 Å². The van der Waals surface area contributed by atoms with Crippen LogP contribution < -0.4 is 14.8 Å². The maximum atomic E-state index is 12.1. The van der Waals surface area contributed by atoms with Crippen molar-refractivity contribution in [2.45, 2.75) is 37.8 Å². The van der Waals surface area contributed by atoms with Gasteiger partial charge in [-0.1, -0.05) is 0 Å². The van der Waals surface area contributed by atoms with E-state index in [1.165, 1.54) is 19.5 Å². The van der Waals surface area contributed by atoms with Gasteiger partial charge in [0, 0.05) is 18.3 Å². The number of ether oxygens (including phenoxy) is 2. The normalized spacial score (nSPS) is 19.2. The molecule has 1 heterocycles. The van der Waals surface area contributed by atoms with E-state index in [4.69, 9.17) is 14.7 Å². The van der Waals surface area contributed by atoms with Crippen molar-refractivity contribution >= 4 is 5.91 Å². The van der Waals surface area contributed by atoms with E-state index in [0.29, 0.717) is 17.1 Å². The fourth-order valence-electron chi connectivity index (χ4n) is 2.96. The largest absolute Gasteiger partial charge is 0.495 e. The molecule has 3 rings (SSSR count). The highest BCUT2D eigenvalue weighted by molar-refractivity contribution is 5.90. The number of amides is 1. The third-order valence-corrected chi connectivity index (χ3v) is 4.29. The van der Waals surface area contributed by atoms with Crippen molar-refractivity contribution in [2.24, 2.45) is 0 Å². The summed E-state index contributed by atoms with van der Waals surface area (Å²) in [6.45, 7) is 0. The summed E-state index contributed by atoms with van der Waals surface area (Å²) in [5.41, 5.74) is 0.476. The lowest BCUT2D eigenvalue weighted by Crippen LogP contribution is -2.40. The topological polar surface area (TPSA) is 110 Å². The first-order valence-corrected chi connectivity index (χ1v) is 8.39. The van der Waals surface area contributed by atoms with Gasteiger partial charge in [0.2, 0.25) is 5.82 Å². The highest BCUT2D eigenvalue weighted by Gasteiger charge is 2.25. The summed E-state index contributed by atoms with van der Waals surface area (Å²) in [4.78, 5) is 16.0. The first-order chi connectivity index (χ1) is 12.7. The zero-order chi connectivity index (χ0) is 18.4. The minimum Gasteiger partial charge on any atom is -0.495 e. The number of hydrogen-bond donors (Lipinski definition) is 1. The summed E-state index contributed by atoms with van der Waals surface area (Å²) >= 11 is 0. The van der Waals surface area contributed by atoms with E-state index >= 15 is 0 Å². The molecule has 1 N–H and O–H groups in total. The van der Waals surface area contributed by atoms with Gasteiger partial charge in [0.05, 0.1) is 25.0 Å². The second-order valence-electron chi connectivity index (χ2n) is 6.01. The van der Waals surface area contributed by atoms with Gasteiger partial charge < -0.3 is 14.8 Å². The fraction of sp³-hybridized carbons (Fsp3) is 0.389. The molecule has 8 heteroatoms. The summed E-state index contributed by atoms with van der Waals surface area (Å²) in [6.07, 6.45) is 6.20. The standard InChI is InChI=1S/C18H19N5O3/c1-25-16-10-15(5-2-12(16)11-19)26-14-6-3-13(4-7-14)22-18(24)17-20-8-9-21-23-17/h2,5,8-10,13-14H,3-4,6-7H2,1H3,(H,22,24)/t13-,14-. The second kappa shape index (κ2) is 8.25. The van der Waals surface area contributed by atoms with Crippen molar-refractivity contribution in [1.29, 1.82) is 5.26 Å². The number of aromatic nitrogens is 3. The lowest BCUT2D eigenvalue weighted by atomic mass is 9.93. The molecule has 1 aliphatic rings. The zero-order valence-electron chi connectivity index (χ0n) is 14.4. The second-order valence-corrected chi connectivity index (χ2v) is 6.01. The molecule has 0 radical (unpaired) electrons. The van der Waals surface area contributed by atoms with Crippen molar-refractivity contribution in [2.75, 3.05) is 7.11 Å². The van der Waals surface area contributed by atoms with Crippen LogP contribution >= 0.6 is 0 Å². The van der Waals surface area contributed by atoms with Crippen LogP contribution in [0, 0.1) is 11.3 Å². The Morgan fingerprint density at radius 1 is 1.27 bits per heavy atom. The summed E-state index contributed by atoms with van der Waals surface area (Å²) in [5.74, 6) is 0.953. The molecule has 0 spiro atoms. The van der Waals surface area contributed by atoms with Gasteiger partial charge in [0.1, 0.15) is 17.6 Å². The molecule has 1 aromatic heterocycles. The van der Waals surface area contributed by atoms with Crippen molar-refractivity contribution in [3.63, 3.8) is 0 Å². The van der Waals surface area contributed by atoms with Gasteiger partial charge in [0.25, 0.3) is 5.91 Å². The van der Waals surface area contributed by atoms with Gasteiger partial charge in [-0.25, -0.2) is 4.98 Å². The Labute approximate surface area is 151 Å². The molecule has 0 bridgehead atoms. The maximum absolute atomic E-state index is 12.1. The monoisotopic (exact) mass is 353 g/mol. The molecule has 1 fully saturated rings. The van der Waals surface area contributed by atoms with Crippen LogP contribution in [0.5, 0.6) is 11.5 Å². The SMILES string of the molecule is COc1cc(O[C@H]2CC[C@H](NC(=O)c3nccnn3)CC2)ccc1C#N. The van der Waals surface area contributed by atoms with Gasteiger partial charge in [0.15, 0.2) is 0 Å². The quantitative estimate of drug-likeness (QED) is 0.873. The predicted octanol–water partition coefficient (Wildman–Crippen LogP) is 1.87. The third-order valence-electron chi connectivity index (χ3n) is 4.29. The maximum Gasteiger partial charge on any atom is 0.291 e. The van der Waals surface area contributed by atoms with Crippen LogP contribution in [-0.4, -0.2) is 40.3 Å². The third kappa shape index (κ3) is 4.25. The molecular formula is C18H19N5O3. The number of carbonyl (C=O) groups is 1. The van der Waals surface area contributed by atoms with E-state index in [1.54, 1.807) is 18.2 Å². The van der Waals surface area contributed by atoms with Gasteiger partial charge in [-0.3, -0.25) is 4.79 Å². The number of nitrogens with zero attached hydrogens (tertiary/aromatic N) is 4. The zero-order valence-corrected chi connectivity index (χ0v) is 14.4. The average molecular weight is 353 g/mol. The van der Waals surface area contributed by atoms with E-state index in [-0.39, 0.29) is 23.9 Å². The Hall–Kier alpha value is -3.21. The molecular weight excluding hydrogens is 334 g/mol. The Kier molecular flexibility index (Phi) is 5.59. The summed E-state index contributed by atoms with van der Waals surface area (Å²) < 4.78 is 11.2. The van der Waals surface area contributed by atoms with Crippen molar-refractivity contribution in [3.8, 4) is 17.6 Å². The van der Waals surface area contributed by atoms with Crippen LogP contribution in [0.3, 0.4) is 0 Å². The van der Waals surface area contributed by atoms with Crippen LogP contribution in [0.4, 0.5) is 0 Å². The number of benzene rings is 1. The van der Waals surface area contributed by atoms with E-state index in [1.807, 2.05) is 0 Å². The molecule has 26 heavy (non-hydrogen) atoms. The van der Waals surface area contributed by atoms with Gasteiger partial charge >= 0.3 is 0 Å². The smallest absolute Gasteiger partial charge is 0.291 e. The lowest BCUT2D eigenvalue weighted by molar-refractivity contribution is 0.0882. The Morgan fingerprint density at radius 2 is 2.08 bits per heavy atom. The molecule has 134 valence electrons. The van der Waals surface area contributed by atoms with Crippen LogP contribution in [0.2, 0.25) is 0 Å². The van der Waals surface area contributed by atoms with Crippen LogP contribution in [0.15, 0.2) is 30.6 Å². The van der Waals surface area contributed by atoms with Crippen LogP contribution in [0.25, 0.3) is 0 Å². The Morgan fingerprint density at radius 3 is 2.73 bits per heavy atom. The molecule has 1 amide bonds. The first kappa shape index (κ1) is 17.6. The number of nitriles is 1. The highest BCUT2D eigenvalue weighted by Crippen LogP contribution is 2.28. The van der Waals surface area contributed by atoms with Crippen molar-refractivity contribution in [3.05, 3.63) is 42.0 Å². The minimum atomic E-state index is -0.306. The van der Waals surface area contributed by atoms with Crippen molar-refractivity contribution in [1.82, 2.24) is 20.5 Å². The summed E-state index contributed by atoms with van der Waals surface area (Å²) in [5, 5.41) is 19.3. The van der Waals surface area contributed by atoms with Crippen LogP contribution in [-0.2, 0) is 0 Å². The van der Waals surface area contributed by atoms with E-state index in [2.05, 4.69) is 26.6 Å². The molecule has 0 atom stereocenters. The molecule has 2 aromatic rings. The first-order valence-electron chi connectivity index (χ1n) is 8.39. The fourth-order valence-corrected chi connectivity index (χ4v) is 2.96. The number of methoxy groups -OCH3 is 1. The number of carbonyl (C=O) groups excluding carboxylic acids is 1. The molecule has 0 saturated heterocycles. The number of hydrogen-bond acceptors (Lipinski definition) is 7. The highest BCUT2D eigenvalue weighted by atomic mass is 16.5. The van der Waals surface area contributed by atoms with Gasteiger partial charge in [-0.05, 0) is 37.8 Å². The molecule has 1 aliphatic carbocycles. The molecule has 0 aliphatic heterocycles. The molecule has 1 aromatic carbocycles. The lowest BCUT2D eigenvalue weighted by Gasteiger charge is -2.29. The molecule has 0 unspecified atom stereocenters. The predicted molar refractivity (Wildman–Crippen MR) is 91.7 cm³/mol. The van der Waals surface area contributed by atoms with E-state index in [9.17, 15) is 4.79 Å². The Bertz CT molecular complexity index is 798. The average Bonchev–Trinajstić information content (AvgIpc) is 2.70. The van der Waals surface area contributed by atoms with E-state index < -0.39 is 0 Å². The van der Waals surface area contributed by atoms with Gasteiger partial charge in [-0.15, -0.1) is 5.10 Å². The van der Waals surface area contributed by atoms with Crippen molar-refractivity contribution < 1.29 is 14.3 Å². The van der Waals surface area contributed by atoms with Crippen LogP contribution in [0.1, 0.15) is 41.9 Å². The Balaban J connectivity index is 1.51. The summed E-state index contributed by atoms with van der Waals surface area (Å²) in [7, 11) is 1.53. The summed E-state index contributed by atoms with van der Waals surface area (Å²) in [6, 6.07) is 7.34. The minimum absolute atomic E-state index is 0.0652. The van der Waals surface area contributed by atoms with Gasteiger partial charge in [-0.2, -0.15) is 10.4 Å². The molecule has 1 saturated carbocycles. The number of rotatable bonds is 5. The molecule has 8 nitrogen and oxygen atoms in total. The number of nitrogens with one attached hydrogen (secondary N) is 1.